The second kappa shape index (κ2) is 7.78. The fourth-order valence-electron chi connectivity index (χ4n) is 5.62. The molecule has 0 spiro atoms. The van der Waals surface area contributed by atoms with Gasteiger partial charge in [0.25, 0.3) is 0 Å². The summed E-state index contributed by atoms with van der Waals surface area (Å²) in [6.07, 6.45) is -3.90. The number of anilines is 1. The monoisotopic (exact) mass is 449 g/mol. The van der Waals surface area contributed by atoms with Gasteiger partial charge in [0.1, 0.15) is 0 Å². The molecule has 0 N–H and O–H groups in total. The maximum atomic E-state index is 17.6. The van der Waals surface area contributed by atoms with Gasteiger partial charge in [0, 0.05) is 22.2 Å². The molecule has 0 aliphatic carbocycles. The molecule has 2 aromatic rings. The van der Waals surface area contributed by atoms with E-state index >= 15 is 4.39 Å². The van der Waals surface area contributed by atoms with Crippen LogP contribution in [-0.4, -0.2) is 5.54 Å². The van der Waals surface area contributed by atoms with Gasteiger partial charge in [-0.05, 0) is 55.4 Å². The SMILES string of the molecule is CC(C)c1cccc(C(C)C)c1N1C(C)(C)CC(C)(C)C1(F)c1ccc(C(F)(F)F)cc1. The Morgan fingerprint density at radius 3 is 1.69 bits per heavy atom. The third-order valence-electron chi connectivity index (χ3n) is 6.85. The highest BCUT2D eigenvalue weighted by atomic mass is 19.4. The van der Waals surface area contributed by atoms with Gasteiger partial charge in [-0.1, -0.05) is 71.9 Å². The molecular formula is C27H35F4N. The fourth-order valence-corrected chi connectivity index (χ4v) is 5.62. The quantitative estimate of drug-likeness (QED) is 0.333. The van der Waals surface area contributed by atoms with Crippen molar-refractivity contribution in [2.75, 3.05) is 4.90 Å². The van der Waals surface area contributed by atoms with Crippen LogP contribution < -0.4 is 4.90 Å². The van der Waals surface area contributed by atoms with Crippen LogP contribution in [0.3, 0.4) is 0 Å². The summed E-state index contributed by atoms with van der Waals surface area (Å²) in [6, 6.07) is 10.7. The third kappa shape index (κ3) is 3.82. The largest absolute Gasteiger partial charge is 0.416 e. The smallest absolute Gasteiger partial charge is 0.330 e. The van der Waals surface area contributed by atoms with Crippen molar-refractivity contribution in [3.05, 3.63) is 64.7 Å². The van der Waals surface area contributed by atoms with E-state index in [-0.39, 0.29) is 17.4 Å². The maximum Gasteiger partial charge on any atom is 0.416 e. The van der Waals surface area contributed by atoms with Gasteiger partial charge in [0.2, 0.25) is 5.79 Å². The molecule has 3 rings (SSSR count). The molecule has 5 heteroatoms. The summed E-state index contributed by atoms with van der Waals surface area (Å²) in [5, 5.41) is 0. The second-order valence-electron chi connectivity index (χ2n) is 11.0. The average Bonchev–Trinajstić information content (AvgIpc) is 2.80. The van der Waals surface area contributed by atoms with Crippen molar-refractivity contribution in [3.8, 4) is 0 Å². The van der Waals surface area contributed by atoms with E-state index in [0.29, 0.717) is 6.42 Å². The minimum atomic E-state index is -4.46. The summed E-state index contributed by atoms with van der Waals surface area (Å²) in [7, 11) is 0. The van der Waals surface area contributed by atoms with Gasteiger partial charge in [-0.25, -0.2) is 4.39 Å². The van der Waals surface area contributed by atoms with Gasteiger partial charge >= 0.3 is 6.18 Å². The Morgan fingerprint density at radius 1 is 0.812 bits per heavy atom. The van der Waals surface area contributed by atoms with Crippen LogP contribution in [0, 0.1) is 5.41 Å². The van der Waals surface area contributed by atoms with Crippen molar-refractivity contribution in [1.82, 2.24) is 0 Å². The Morgan fingerprint density at radius 2 is 1.28 bits per heavy atom. The van der Waals surface area contributed by atoms with Crippen LogP contribution in [-0.2, 0) is 12.0 Å². The second-order valence-corrected chi connectivity index (χ2v) is 11.0. The summed E-state index contributed by atoms with van der Waals surface area (Å²) in [4.78, 5) is 1.87. The molecule has 1 fully saturated rings. The Labute approximate surface area is 189 Å². The first kappa shape index (κ1) is 24.6. The van der Waals surface area contributed by atoms with Crippen molar-refractivity contribution in [3.63, 3.8) is 0 Å². The normalized spacial score (nSPS) is 22.8. The summed E-state index contributed by atoms with van der Waals surface area (Å²) >= 11 is 0. The highest BCUT2D eigenvalue weighted by Gasteiger charge is 2.64. The molecule has 0 aromatic heterocycles. The number of nitrogens with zero attached hydrogens (tertiary/aromatic N) is 1. The lowest BCUT2D eigenvalue weighted by atomic mass is 9.76. The van der Waals surface area contributed by atoms with E-state index < -0.39 is 28.5 Å². The molecule has 0 saturated carbocycles. The Bertz CT molecular complexity index is 944. The van der Waals surface area contributed by atoms with Gasteiger partial charge in [-0.2, -0.15) is 13.2 Å². The zero-order chi connectivity index (χ0) is 24.3. The molecule has 0 bridgehead atoms. The molecule has 1 unspecified atom stereocenters. The molecule has 176 valence electrons. The van der Waals surface area contributed by atoms with Crippen molar-refractivity contribution < 1.29 is 17.6 Å². The Hall–Kier alpha value is -2.04. The third-order valence-corrected chi connectivity index (χ3v) is 6.85. The summed E-state index contributed by atoms with van der Waals surface area (Å²) in [5.41, 5.74) is 1.10. The molecular weight excluding hydrogens is 414 g/mol. The lowest BCUT2D eigenvalue weighted by Gasteiger charge is -2.47. The van der Waals surface area contributed by atoms with Crippen molar-refractivity contribution >= 4 is 5.69 Å². The predicted octanol–water partition coefficient (Wildman–Crippen LogP) is 8.79. The number of rotatable bonds is 4. The standard InChI is InChI=1S/C27H35F4N/c1-17(2)21-10-9-11-22(18(3)4)23(21)32-25(7,8)16-24(5,6)26(32,28)19-12-14-20(15-13-19)27(29,30)31/h9-15,17-18H,16H2,1-8H3. The molecule has 0 amide bonds. The van der Waals surface area contributed by atoms with Gasteiger partial charge in [0.15, 0.2) is 0 Å². The summed E-state index contributed by atoms with van der Waals surface area (Å²) in [6.45, 7) is 16.2. The number of hydrogen-bond donors (Lipinski definition) is 0. The molecule has 32 heavy (non-hydrogen) atoms. The molecule has 2 aromatic carbocycles. The number of para-hydroxylation sites is 1. The van der Waals surface area contributed by atoms with E-state index in [1.54, 1.807) is 0 Å². The number of halogens is 4. The number of alkyl halides is 4. The lowest BCUT2D eigenvalue weighted by Crippen LogP contribution is -2.51. The first-order chi connectivity index (χ1) is 14.5. The molecule has 1 aliphatic heterocycles. The van der Waals surface area contributed by atoms with Gasteiger partial charge in [-0.15, -0.1) is 0 Å². The van der Waals surface area contributed by atoms with Crippen LogP contribution in [0.1, 0.15) is 95.9 Å². The summed E-state index contributed by atoms with van der Waals surface area (Å²) in [5.74, 6) is -1.64. The minimum absolute atomic E-state index is 0.167. The van der Waals surface area contributed by atoms with Crippen molar-refractivity contribution in [2.45, 2.75) is 91.2 Å². The zero-order valence-electron chi connectivity index (χ0n) is 20.4. The van der Waals surface area contributed by atoms with Gasteiger partial charge < -0.3 is 4.90 Å². The molecule has 1 aliphatic rings. The zero-order valence-corrected chi connectivity index (χ0v) is 20.4. The highest BCUT2D eigenvalue weighted by molar-refractivity contribution is 5.67. The minimum Gasteiger partial charge on any atom is -0.330 e. The van der Waals surface area contributed by atoms with E-state index in [4.69, 9.17) is 0 Å². The van der Waals surface area contributed by atoms with Crippen LogP contribution in [0.15, 0.2) is 42.5 Å². The molecule has 1 heterocycles. The first-order valence-corrected chi connectivity index (χ1v) is 11.3. The van der Waals surface area contributed by atoms with Crippen LogP contribution in [0.5, 0.6) is 0 Å². The maximum absolute atomic E-state index is 17.6. The molecule has 1 saturated heterocycles. The Balaban J connectivity index is 2.34. The first-order valence-electron chi connectivity index (χ1n) is 11.3. The van der Waals surface area contributed by atoms with Gasteiger partial charge in [-0.3, -0.25) is 0 Å². The predicted molar refractivity (Wildman–Crippen MR) is 124 cm³/mol. The number of benzene rings is 2. The van der Waals surface area contributed by atoms with E-state index in [0.717, 1.165) is 28.9 Å². The Kier molecular flexibility index (Phi) is 5.98. The van der Waals surface area contributed by atoms with Crippen LogP contribution in [0.25, 0.3) is 0 Å². The van der Waals surface area contributed by atoms with E-state index in [1.165, 1.54) is 12.1 Å². The molecule has 1 nitrogen and oxygen atoms in total. The molecule has 0 radical (unpaired) electrons. The van der Waals surface area contributed by atoms with Crippen LogP contribution in [0.4, 0.5) is 23.2 Å². The fraction of sp³-hybridized carbons (Fsp3) is 0.556. The van der Waals surface area contributed by atoms with Crippen molar-refractivity contribution in [1.29, 1.82) is 0 Å². The van der Waals surface area contributed by atoms with Crippen molar-refractivity contribution in [2.24, 2.45) is 5.41 Å². The van der Waals surface area contributed by atoms with E-state index in [9.17, 15) is 13.2 Å². The van der Waals surface area contributed by atoms with Gasteiger partial charge in [0.05, 0.1) is 5.56 Å². The topological polar surface area (TPSA) is 3.24 Å². The van der Waals surface area contributed by atoms with E-state index in [1.807, 2.05) is 50.8 Å². The lowest BCUT2D eigenvalue weighted by molar-refractivity contribution is -0.137. The number of hydrogen-bond acceptors (Lipinski definition) is 1. The van der Waals surface area contributed by atoms with Crippen LogP contribution >= 0.6 is 0 Å². The van der Waals surface area contributed by atoms with E-state index in [2.05, 4.69) is 27.7 Å². The van der Waals surface area contributed by atoms with Crippen LogP contribution in [0.2, 0.25) is 0 Å². The summed E-state index contributed by atoms with van der Waals surface area (Å²) < 4.78 is 57.2. The highest BCUT2D eigenvalue weighted by Crippen LogP contribution is 2.62. The molecule has 1 atom stereocenters. The average molecular weight is 450 g/mol.